The zero-order chi connectivity index (χ0) is 15.1. The number of piperidine rings is 1. The summed E-state index contributed by atoms with van der Waals surface area (Å²) >= 11 is 0. The van der Waals surface area contributed by atoms with Gasteiger partial charge in [-0.15, -0.1) is 0 Å². The van der Waals surface area contributed by atoms with E-state index in [1.54, 1.807) is 0 Å². The number of hydrogen-bond acceptors (Lipinski definition) is 3. The summed E-state index contributed by atoms with van der Waals surface area (Å²) in [6.45, 7) is 10.2. The highest BCUT2D eigenvalue weighted by Crippen LogP contribution is 2.39. The summed E-state index contributed by atoms with van der Waals surface area (Å²) in [5.41, 5.74) is 0.114. The molecule has 1 amide bonds. The minimum atomic E-state index is -0.0486. The molecule has 2 aliphatic heterocycles. The van der Waals surface area contributed by atoms with Crippen molar-refractivity contribution < 1.29 is 9.53 Å². The number of nitrogens with zero attached hydrogens (tertiary/aromatic N) is 1. The summed E-state index contributed by atoms with van der Waals surface area (Å²) in [7, 11) is 0. The van der Waals surface area contributed by atoms with Crippen molar-refractivity contribution in [1.29, 1.82) is 0 Å². The number of likely N-dealkylation sites (tertiary alicyclic amines) is 1. The number of nitrogens with one attached hydrogen (secondary N) is 1. The number of rotatable bonds is 3. The molecule has 1 saturated carbocycles. The van der Waals surface area contributed by atoms with Crippen molar-refractivity contribution in [1.82, 2.24) is 10.2 Å². The molecule has 0 bridgehead atoms. The maximum Gasteiger partial charge on any atom is 0.225 e. The lowest BCUT2D eigenvalue weighted by Crippen LogP contribution is -2.50. The summed E-state index contributed by atoms with van der Waals surface area (Å²) < 4.78 is 6.21. The molecule has 120 valence electrons. The first kappa shape index (κ1) is 15.3. The maximum atomic E-state index is 12.3. The molecule has 0 aromatic heterocycles. The van der Waals surface area contributed by atoms with E-state index in [4.69, 9.17) is 4.74 Å². The average Bonchev–Trinajstić information content (AvgIpc) is 3.19. The van der Waals surface area contributed by atoms with Crippen LogP contribution in [0.4, 0.5) is 0 Å². The highest BCUT2D eigenvalue weighted by molar-refractivity contribution is 5.81. The molecular weight excluding hydrogens is 264 g/mol. The minimum absolute atomic E-state index is 0.0486. The van der Waals surface area contributed by atoms with Crippen molar-refractivity contribution in [2.24, 2.45) is 11.8 Å². The zero-order valence-corrected chi connectivity index (χ0v) is 13.8. The lowest BCUT2D eigenvalue weighted by atomic mass is 9.86. The van der Waals surface area contributed by atoms with Crippen LogP contribution in [0.1, 0.15) is 52.9 Å². The van der Waals surface area contributed by atoms with Gasteiger partial charge < -0.3 is 15.0 Å². The molecule has 3 rings (SSSR count). The molecule has 3 aliphatic rings. The van der Waals surface area contributed by atoms with E-state index >= 15 is 0 Å². The third-order valence-electron chi connectivity index (χ3n) is 4.98. The molecule has 1 N–H and O–H groups in total. The van der Waals surface area contributed by atoms with Gasteiger partial charge in [0, 0.05) is 31.1 Å². The topological polar surface area (TPSA) is 41.6 Å². The first-order valence-electron chi connectivity index (χ1n) is 8.55. The van der Waals surface area contributed by atoms with E-state index in [-0.39, 0.29) is 11.1 Å². The second kappa shape index (κ2) is 5.54. The molecule has 2 unspecified atom stereocenters. The molecular formula is C17H30N2O2. The molecule has 0 aromatic carbocycles. The van der Waals surface area contributed by atoms with Crippen molar-refractivity contribution in [2.45, 2.75) is 64.0 Å². The lowest BCUT2D eigenvalue weighted by molar-refractivity contribution is -0.140. The number of carbonyl (C=O) groups is 1. The number of ether oxygens (including phenoxy) is 1. The van der Waals surface area contributed by atoms with Gasteiger partial charge in [0.15, 0.2) is 0 Å². The molecule has 2 saturated heterocycles. The van der Waals surface area contributed by atoms with Gasteiger partial charge in [-0.2, -0.15) is 0 Å². The van der Waals surface area contributed by atoms with Crippen molar-refractivity contribution in [2.75, 3.05) is 26.2 Å². The second-order valence-corrected chi connectivity index (χ2v) is 8.33. The Balaban J connectivity index is 1.54. The Morgan fingerprint density at radius 3 is 2.81 bits per heavy atom. The monoisotopic (exact) mass is 294 g/mol. The summed E-state index contributed by atoms with van der Waals surface area (Å²) in [5.74, 6) is 1.30. The highest BCUT2D eigenvalue weighted by atomic mass is 16.5. The SMILES string of the molecule is CC(C)(C)NCC1COC2(CCCN(C(=O)C3CC3)C2)C1. The molecule has 2 atom stereocenters. The molecule has 0 radical (unpaired) electrons. The first-order valence-corrected chi connectivity index (χ1v) is 8.55. The van der Waals surface area contributed by atoms with Gasteiger partial charge in [-0.05, 0) is 58.8 Å². The van der Waals surface area contributed by atoms with Gasteiger partial charge >= 0.3 is 0 Å². The second-order valence-electron chi connectivity index (χ2n) is 8.33. The summed E-state index contributed by atoms with van der Waals surface area (Å²) in [6, 6.07) is 0. The predicted molar refractivity (Wildman–Crippen MR) is 83.1 cm³/mol. The fourth-order valence-electron chi connectivity index (χ4n) is 3.68. The van der Waals surface area contributed by atoms with Gasteiger partial charge in [0.25, 0.3) is 0 Å². The fraction of sp³-hybridized carbons (Fsp3) is 0.941. The molecule has 0 aromatic rings. The van der Waals surface area contributed by atoms with Gasteiger partial charge in [0.1, 0.15) is 0 Å². The Bertz CT molecular complexity index is 400. The summed E-state index contributed by atoms with van der Waals surface area (Å²) in [6.07, 6.45) is 5.51. The van der Waals surface area contributed by atoms with Crippen LogP contribution in [0.15, 0.2) is 0 Å². The van der Waals surface area contributed by atoms with Crippen LogP contribution in [0.25, 0.3) is 0 Å². The largest absolute Gasteiger partial charge is 0.373 e. The van der Waals surface area contributed by atoms with Crippen LogP contribution in [0.3, 0.4) is 0 Å². The van der Waals surface area contributed by atoms with E-state index in [1.165, 1.54) is 0 Å². The van der Waals surface area contributed by atoms with Crippen molar-refractivity contribution in [3.8, 4) is 0 Å². The van der Waals surface area contributed by atoms with Crippen LogP contribution in [-0.2, 0) is 9.53 Å². The van der Waals surface area contributed by atoms with Gasteiger partial charge in [-0.3, -0.25) is 4.79 Å². The van der Waals surface area contributed by atoms with Crippen LogP contribution in [-0.4, -0.2) is 48.2 Å². The standard InChI is InChI=1S/C17H30N2O2/c1-16(2,3)18-10-13-9-17(21-11-13)7-4-8-19(12-17)15(20)14-5-6-14/h13-14,18H,4-12H2,1-3H3. The van der Waals surface area contributed by atoms with Crippen molar-refractivity contribution in [3.63, 3.8) is 0 Å². The van der Waals surface area contributed by atoms with Crippen LogP contribution in [0.2, 0.25) is 0 Å². The average molecular weight is 294 g/mol. The summed E-state index contributed by atoms with van der Waals surface area (Å²) in [4.78, 5) is 14.4. The Hall–Kier alpha value is -0.610. The third kappa shape index (κ3) is 3.78. The van der Waals surface area contributed by atoms with Gasteiger partial charge in [-0.1, -0.05) is 0 Å². The van der Waals surface area contributed by atoms with E-state index in [1.807, 2.05) is 0 Å². The molecule has 2 heterocycles. The quantitative estimate of drug-likeness (QED) is 0.867. The van der Waals surface area contributed by atoms with Gasteiger partial charge in [-0.25, -0.2) is 0 Å². The zero-order valence-electron chi connectivity index (χ0n) is 13.8. The molecule has 4 nitrogen and oxygen atoms in total. The Morgan fingerprint density at radius 2 is 2.14 bits per heavy atom. The van der Waals surface area contributed by atoms with E-state index in [0.717, 1.165) is 58.3 Å². The smallest absolute Gasteiger partial charge is 0.225 e. The first-order chi connectivity index (χ1) is 9.87. The lowest BCUT2D eigenvalue weighted by Gasteiger charge is -2.40. The molecule has 21 heavy (non-hydrogen) atoms. The van der Waals surface area contributed by atoms with E-state index in [2.05, 4.69) is 31.0 Å². The fourth-order valence-corrected chi connectivity index (χ4v) is 3.68. The highest BCUT2D eigenvalue weighted by Gasteiger charge is 2.46. The van der Waals surface area contributed by atoms with E-state index in [9.17, 15) is 4.79 Å². The van der Waals surface area contributed by atoms with Crippen molar-refractivity contribution in [3.05, 3.63) is 0 Å². The predicted octanol–water partition coefficient (Wildman–Crippen LogP) is 2.18. The van der Waals surface area contributed by atoms with Crippen LogP contribution in [0.5, 0.6) is 0 Å². The van der Waals surface area contributed by atoms with Crippen LogP contribution in [0, 0.1) is 11.8 Å². The Labute approximate surface area is 128 Å². The molecule has 3 fully saturated rings. The van der Waals surface area contributed by atoms with Crippen molar-refractivity contribution >= 4 is 5.91 Å². The Kier molecular flexibility index (Phi) is 4.04. The van der Waals surface area contributed by atoms with Gasteiger partial charge in [0.2, 0.25) is 5.91 Å². The van der Waals surface area contributed by atoms with E-state index < -0.39 is 0 Å². The Morgan fingerprint density at radius 1 is 1.38 bits per heavy atom. The van der Waals surface area contributed by atoms with Crippen LogP contribution >= 0.6 is 0 Å². The summed E-state index contributed by atoms with van der Waals surface area (Å²) in [5, 5.41) is 3.59. The molecule has 4 heteroatoms. The minimum Gasteiger partial charge on any atom is -0.373 e. The molecule has 1 spiro atoms. The van der Waals surface area contributed by atoms with Gasteiger partial charge in [0.05, 0.1) is 12.2 Å². The number of carbonyl (C=O) groups excluding carboxylic acids is 1. The number of hydrogen-bond donors (Lipinski definition) is 1. The third-order valence-corrected chi connectivity index (χ3v) is 4.98. The van der Waals surface area contributed by atoms with E-state index in [0.29, 0.717) is 17.7 Å². The number of amides is 1. The maximum absolute atomic E-state index is 12.3. The van der Waals surface area contributed by atoms with Crippen LogP contribution < -0.4 is 5.32 Å². The normalized spacial score (nSPS) is 33.7. The molecule has 1 aliphatic carbocycles.